The Morgan fingerprint density at radius 2 is 0.823 bits per heavy atom. The number of fused-ring (bicyclic) bond motifs is 7. The van der Waals surface area contributed by atoms with Gasteiger partial charge in [0.1, 0.15) is 0 Å². The van der Waals surface area contributed by atoms with E-state index in [9.17, 15) is 4.79 Å². The summed E-state index contributed by atoms with van der Waals surface area (Å²) >= 11 is 3.68. The van der Waals surface area contributed by atoms with Crippen LogP contribution in [0.25, 0.3) is 119 Å². The summed E-state index contributed by atoms with van der Waals surface area (Å²) in [4.78, 5) is 23.2. The van der Waals surface area contributed by atoms with Gasteiger partial charge in [-0.25, -0.2) is 14.8 Å². The fourth-order valence-electron chi connectivity index (χ4n) is 8.90. The number of hydrogen-bond acceptors (Lipinski definition) is 5. The number of hydrogen-bond donors (Lipinski definition) is 0. The van der Waals surface area contributed by atoms with Gasteiger partial charge in [0.05, 0.1) is 22.4 Å². The highest BCUT2D eigenvalue weighted by atomic mass is 32.1. The Morgan fingerprint density at radius 1 is 0.355 bits per heavy atom. The molecule has 0 saturated heterocycles. The summed E-state index contributed by atoms with van der Waals surface area (Å²) < 4.78 is 8.55. The molecule has 0 aliphatic carbocycles. The Hall–Kier alpha value is -7.45. The maximum absolute atomic E-state index is 12.7. The van der Waals surface area contributed by atoms with Crippen molar-refractivity contribution in [3.8, 4) is 67.3 Å². The van der Waals surface area contributed by atoms with Crippen molar-refractivity contribution in [1.29, 1.82) is 0 Å². The highest BCUT2D eigenvalue weighted by Crippen LogP contribution is 2.41. The highest BCUT2D eigenvalue weighted by molar-refractivity contribution is 7.26. The van der Waals surface area contributed by atoms with E-state index in [1.165, 1.54) is 40.3 Å². The van der Waals surface area contributed by atoms with Gasteiger partial charge in [-0.05, 0) is 106 Å². The van der Waals surface area contributed by atoms with Crippen LogP contribution in [0.4, 0.5) is 0 Å². The van der Waals surface area contributed by atoms with Gasteiger partial charge in [-0.3, -0.25) is 9.13 Å². The lowest BCUT2D eigenvalue weighted by Crippen LogP contribution is -2.19. The van der Waals surface area contributed by atoms with Crippen LogP contribution in [0, 0.1) is 0 Å². The minimum absolute atomic E-state index is 0.0340. The predicted octanol–water partition coefficient (Wildman–Crippen LogP) is 14.4. The standard InChI is InChI=1S/C55H36N4OS2/c1-58-48-23-20-38(31-49(48)59(2)55(58)60)33-16-18-34(19-17-33)46-32-47(57-54(56-46)35-10-4-3-5-11-35)41-27-39(36-21-24-52-44(29-36)42-12-6-8-14-50(42)61-52)26-40(28-41)37-22-25-53-45(30-37)43-13-7-9-15-51(43)62-53/h3-32H,1-2H3. The van der Waals surface area contributed by atoms with Gasteiger partial charge in [0.15, 0.2) is 5.82 Å². The van der Waals surface area contributed by atoms with Crippen molar-refractivity contribution >= 4 is 74.1 Å². The topological polar surface area (TPSA) is 52.7 Å². The Kier molecular flexibility index (Phi) is 8.42. The zero-order valence-corrected chi connectivity index (χ0v) is 35.5. The van der Waals surface area contributed by atoms with Crippen LogP contribution in [0.1, 0.15) is 0 Å². The van der Waals surface area contributed by atoms with Crippen molar-refractivity contribution in [1.82, 2.24) is 19.1 Å². The minimum atomic E-state index is -0.0340. The number of thiophene rings is 2. The molecular weight excluding hydrogens is 797 g/mol. The van der Waals surface area contributed by atoms with Crippen molar-refractivity contribution in [3.05, 3.63) is 192 Å². The van der Waals surface area contributed by atoms with Gasteiger partial charge in [-0.1, -0.05) is 109 Å². The SMILES string of the molecule is Cn1c(=O)n(C)c2cc(-c3ccc(-c4cc(-c5cc(-c6ccc7sc8ccccc8c7c6)cc(-c6ccc7sc8ccccc8c7c6)c5)nc(-c5ccccc5)n4)cc3)ccc21. The van der Waals surface area contributed by atoms with Crippen LogP contribution >= 0.6 is 22.7 Å². The highest BCUT2D eigenvalue weighted by Gasteiger charge is 2.17. The summed E-state index contributed by atoms with van der Waals surface area (Å²) in [5.74, 6) is 0.668. The monoisotopic (exact) mass is 832 g/mol. The molecule has 0 N–H and O–H groups in total. The van der Waals surface area contributed by atoms with Crippen LogP contribution in [0.15, 0.2) is 187 Å². The second kappa shape index (κ2) is 14.3. The maximum atomic E-state index is 12.7. The molecule has 0 spiro atoms. The first-order valence-corrected chi connectivity index (χ1v) is 22.2. The molecule has 8 aromatic carbocycles. The van der Waals surface area contributed by atoms with Crippen molar-refractivity contribution in [2.24, 2.45) is 14.1 Å². The third kappa shape index (κ3) is 6.08. The van der Waals surface area contributed by atoms with E-state index < -0.39 is 0 Å². The second-order valence-electron chi connectivity index (χ2n) is 15.9. The fraction of sp³-hybridized carbons (Fsp3) is 0.0364. The lowest BCUT2D eigenvalue weighted by atomic mass is 9.93. The molecule has 0 bridgehead atoms. The number of imidazole rings is 1. The molecule has 7 heteroatoms. The summed E-state index contributed by atoms with van der Waals surface area (Å²) in [7, 11) is 3.63. The van der Waals surface area contributed by atoms with Gasteiger partial charge in [0.2, 0.25) is 0 Å². The van der Waals surface area contributed by atoms with Gasteiger partial charge in [-0.2, -0.15) is 0 Å². The van der Waals surface area contributed by atoms with Gasteiger partial charge in [0, 0.05) is 71.1 Å². The normalized spacial score (nSPS) is 11.8. The molecular formula is C55H36N4OS2. The molecule has 0 amide bonds. The molecule has 4 aromatic heterocycles. The Morgan fingerprint density at radius 3 is 1.45 bits per heavy atom. The van der Waals surface area contributed by atoms with Gasteiger partial charge >= 0.3 is 5.69 Å². The van der Waals surface area contributed by atoms with E-state index in [1.54, 1.807) is 9.13 Å². The van der Waals surface area contributed by atoms with Gasteiger partial charge in [-0.15, -0.1) is 22.7 Å². The molecule has 5 nitrogen and oxygen atoms in total. The van der Waals surface area contributed by atoms with Crippen LogP contribution in [0.3, 0.4) is 0 Å². The molecule has 0 aliphatic rings. The van der Waals surface area contributed by atoms with Crippen LogP contribution in [-0.2, 0) is 14.1 Å². The van der Waals surface area contributed by atoms with E-state index in [0.29, 0.717) is 5.82 Å². The van der Waals surface area contributed by atoms with E-state index in [2.05, 4.69) is 158 Å². The van der Waals surface area contributed by atoms with Crippen LogP contribution in [-0.4, -0.2) is 19.1 Å². The Balaban J connectivity index is 1.03. The number of aryl methyl sites for hydroxylation is 2. The van der Waals surface area contributed by atoms with E-state index in [0.717, 1.165) is 72.5 Å². The molecule has 0 atom stereocenters. The first-order valence-electron chi connectivity index (χ1n) is 20.6. The number of benzene rings is 8. The predicted molar refractivity (Wildman–Crippen MR) is 262 cm³/mol. The summed E-state index contributed by atoms with van der Waals surface area (Å²) in [5, 5.41) is 5.11. The molecule has 0 unspecified atom stereocenters. The molecule has 0 fully saturated rings. The average Bonchev–Trinajstić information content (AvgIpc) is 3.97. The summed E-state index contributed by atoms with van der Waals surface area (Å²) in [6.07, 6.45) is 0. The first kappa shape index (κ1) is 36.4. The zero-order valence-electron chi connectivity index (χ0n) is 33.8. The van der Waals surface area contributed by atoms with Crippen LogP contribution in [0.2, 0.25) is 0 Å². The molecule has 12 aromatic rings. The van der Waals surface area contributed by atoms with Crippen LogP contribution in [0.5, 0.6) is 0 Å². The van der Waals surface area contributed by atoms with Crippen molar-refractivity contribution < 1.29 is 0 Å². The summed E-state index contributed by atoms with van der Waals surface area (Å²) in [6, 6.07) is 65.1. The van der Waals surface area contributed by atoms with E-state index in [4.69, 9.17) is 9.97 Å². The Bertz CT molecular complexity index is 3670. The summed E-state index contributed by atoms with van der Waals surface area (Å²) in [6.45, 7) is 0. The molecule has 4 heterocycles. The molecule has 294 valence electrons. The number of aromatic nitrogens is 4. The quantitative estimate of drug-likeness (QED) is 0.168. The van der Waals surface area contributed by atoms with Crippen molar-refractivity contribution in [2.75, 3.05) is 0 Å². The fourth-order valence-corrected chi connectivity index (χ4v) is 11.1. The van der Waals surface area contributed by atoms with E-state index in [1.807, 2.05) is 61.0 Å². The van der Waals surface area contributed by atoms with Crippen molar-refractivity contribution in [2.45, 2.75) is 0 Å². The second-order valence-corrected chi connectivity index (χ2v) is 18.1. The van der Waals surface area contributed by atoms with Crippen LogP contribution < -0.4 is 5.69 Å². The number of rotatable bonds is 6. The molecule has 62 heavy (non-hydrogen) atoms. The molecule has 0 saturated carbocycles. The average molecular weight is 833 g/mol. The minimum Gasteiger partial charge on any atom is -0.295 e. The third-order valence-corrected chi connectivity index (χ3v) is 14.5. The van der Waals surface area contributed by atoms with Crippen molar-refractivity contribution in [3.63, 3.8) is 0 Å². The van der Waals surface area contributed by atoms with Gasteiger partial charge in [0.25, 0.3) is 0 Å². The molecule has 12 rings (SSSR count). The van der Waals surface area contributed by atoms with Gasteiger partial charge < -0.3 is 0 Å². The van der Waals surface area contributed by atoms with E-state index >= 15 is 0 Å². The lowest BCUT2D eigenvalue weighted by Gasteiger charge is -2.14. The first-order chi connectivity index (χ1) is 30.4. The smallest absolute Gasteiger partial charge is 0.295 e. The Labute approximate surface area is 365 Å². The third-order valence-electron chi connectivity index (χ3n) is 12.2. The zero-order chi connectivity index (χ0) is 41.5. The lowest BCUT2D eigenvalue weighted by molar-refractivity contribution is 0.795. The largest absolute Gasteiger partial charge is 0.328 e. The number of nitrogens with zero attached hydrogens (tertiary/aromatic N) is 4. The maximum Gasteiger partial charge on any atom is 0.328 e. The summed E-state index contributed by atoms with van der Waals surface area (Å²) in [5.41, 5.74) is 13.1. The molecule has 0 radical (unpaired) electrons. The molecule has 0 aliphatic heterocycles. The van der Waals surface area contributed by atoms with E-state index in [-0.39, 0.29) is 5.69 Å².